The lowest BCUT2D eigenvalue weighted by atomic mass is 10.1. The Kier molecular flexibility index (Phi) is 3.79. The van der Waals surface area contributed by atoms with Crippen LogP contribution in [0.4, 0.5) is 4.39 Å². The molecule has 0 saturated carbocycles. The second-order valence-corrected chi connectivity index (χ2v) is 4.12. The zero-order valence-electron chi connectivity index (χ0n) is 10.3. The van der Waals surface area contributed by atoms with Crippen LogP contribution in [0.2, 0.25) is 0 Å². The van der Waals surface area contributed by atoms with E-state index in [1.54, 1.807) is 0 Å². The summed E-state index contributed by atoms with van der Waals surface area (Å²) in [7, 11) is 0. The summed E-state index contributed by atoms with van der Waals surface area (Å²) in [6, 6.07) is 5.21. The number of rotatable bonds is 4. The number of aromatic hydroxyl groups is 1. The van der Waals surface area contributed by atoms with E-state index in [0.717, 1.165) is 0 Å². The van der Waals surface area contributed by atoms with Gasteiger partial charge in [0, 0.05) is 12.0 Å². The molecule has 1 aromatic carbocycles. The zero-order valence-corrected chi connectivity index (χ0v) is 10.3. The Morgan fingerprint density at radius 2 is 1.95 bits per heavy atom. The minimum absolute atomic E-state index is 0.0849. The predicted molar refractivity (Wildman–Crippen MR) is 67.9 cm³/mol. The van der Waals surface area contributed by atoms with Crippen LogP contribution in [0.3, 0.4) is 0 Å². The first-order chi connectivity index (χ1) is 9.47. The summed E-state index contributed by atoms with van der Waals surface area (Å²) in [4.78, 5) is 28.5. The van der Waals surface area contributed by atoms with Crippen LogP contribution >= 0.6 is 0 Å². The number of carboxylic acid groups (broad SMARTS) is 1. The minimum Gasteiger partial charge on any atom is -0.493 e. The molecule has 104 valence electrons. The first kappa shape index (κ1) is 13.7. The van der Waals surface area contributed by atoms with E-state index in [9.17, 15) is 19.1 Å². The van der Waals surface area contributed by atoms with Gasteiger partial charge in [-0.25, -0.2) is 4.39 Å². The summed E-state index contributed by atoms with van der Waals surface area (Å²) in [5.74, 6) is -1.94. The standard InChI is InChI=1S/C13H11FN2O4/c14-8-3-1-7(2-4-8)11-15-12(19)9(13(20)16-11)5-6-10(17)18/h1-4H,5-6H2,(H,17,18)(H2,15,16,19,20). The van der Waals surface area contributed by atoms with Gasteiger partial charge in [-0.05, 0) is 30.7 Å². The summed E-state index contributed by atoms with van der Waals surface area (Å²) in [6.45, 7) is 0. The van der Waals surface area contributed by atoms with E-state index in [-0.39, 0.29) is 24.2 Å². The summed E-state index contributed by atoms with van der Waals surface area (Å²) in [5, 5.41) is 18.3. The molecule has 0 aliphatic carbocycles. The van der Waals surface area contributed by atoms with Crippen molar-refractivity contribution in [1.29, 1.82) is 0 Å². The molecule has 20 heavy (non-hydrogen) atoms. The second-order valence-electron chi connectivity index (χ2n) is 4.12. The van der Waals surface area contributed by atoms with Crippen LogP contribution in [0.5, 0.6) is 5.88 Å². The average Bonchev–Trinajstić information content (AvgIpc) is 2.38. The number of aromatic nitrogens is 2. The van der Waals surface area contributed by atoms with Gasteiger partial charge in [0.15, 0.2) is 0 Å². The monoisotopic (exact) mass is 278 g/mol. The molecule has 0 fully saturated rings. The van der Waals surface area contributed by atoms with Crippen molar-refractivity contribution in [1.82, 2.24) is 9.97 Å². The normalized spacial score (nSPS) is 10.4. The number of benzene rings is 1. The number of H-pyrrole nitrogens is 1. The third-order valence-corrected chi connectivity index (χ3v) is 2.70. The highest BCUT2D eigenvalue weighted by molar-refractivity contribution is 5.67. The largest absolute Gasteiger partial charge is 0.493 e. The molecule has 2 rings (SSSR count). The fourth-order valence-electron chi connectivity index (χ4n) is 1.69. The summed E-state index contributed by atoms with van der Waals surface area (Å²) < 4.78 is 12.8. The molecule has 7 heteroatoms. The molecule has 0 aliphatic rings. The molecule has 1 heterocycles. The lowest BCUT2D eigenvalue weighted by Crippen LogP contribution is -2.16. The van der Waals surface area contributed by atoms with Gasteiger partial charge < -0.3 is 15.2 Å². The van der Waals surface area contributed by atoms with Gasteiger partial charge in [0.25, 0.3) is 5.56 Å². The minimum atomic E-state index is -1.08. The molecule has 0 amide bonds. The van der Waals surface area contributed by atoms with E-state index in [4.69, 9.17) is 5.11 Å². The molecule has 2 aromatic rings. The molecule has 6 nitrogen and oxygen atoms in total. The molecule has 0 bridgehead atoms. The van der Waals surface area contributed by atoms with Gasteiger partial charge >= 0.3 is 5.97 Å². The van der Waals surface area contributed by atoms with Crippen molar-refractivity contribution >= 4 is 5.97 Å². The van der Waals surface area contributed by atoms with Gasteiger partial charge in [-0.3, -0.25) is 9.59 Å². The topological polar surface area (TPSA) is 103 Å². The molecule has 1 aromatic heterocycles. The highest BCUT2D eigenvalue weighted by Crippen LogP contribution is 2.18. The Morgan fingerprint density at radius 3 is 2.50 bits per heavy atom. The maximum absolute atomic E-state index is 12.8. The third kappa shape index (κ3) is 3.00. The number of carbonyl (C=O) groups is 1. The van der Waals surface area contributed by atoms with Crippen LogP contribution < -0.4 is 5.56 Å². The van der Waals surface area contributed by atoms with Gasteiger partial charge in [-0.2, -0.15) is 4.98 Å². The maximum atomic E-state index is 12.8. The first-order valence-electron chi connectivity index (χ1n) is 5.77. The van der Waals surface area contributed by atoms with Crippen LogP contribution in [0.25, 0.3) is 11.4 Å². The van der Waals surface area contributed by atoms with Crippen LogP contribution in [0, 0.1) is 5.82 Å². The molecule has 0 spiro atoms. The third-order valence-electron chi connectivity index (χ3n) is 2.70. The summed E-state index contributed by atoms with van der Waals surface area (Å²) in [6.07, 6.45) is -0.401. The number of nitrogens with zero attached hydrogens (tertiary/aromatic N) is 1. The number of carboxylic acids is 1. The molecule has 0 atom stereocenters. The summed E-state index contributed by atoms with van der Waals surface area (Å²) in [5.41, 5.74) is -0.264. The molecule has 0 aliphatic heterocycles. The molecular weight excluding hydrogens is 267 g/mol. The Morgan fingerprint density at radius 1 is 1.30 bits per heavy atom. The van der Waals surface area contributed by atoms with Crippen molar-refractivity contribution in [2.24, 2.45) is 0 Å². The van der Waals surface area contributed by atoms with E-state index < -0.39 is 23.2 Å². The maximum Gasteiger partial charge on any atom is 0.303 e. The summed E-state index contributed by atoms with van der Waals surface area (Å²) >= 11 is 0. The SMILES string of the molecule is O=C(O)CCc1c(O)nc(-c2ccc(F)cc2)[nH]c1=O. The van der Waals surface area contributed by atoms with E-state index >= 15 is 0 Å². The second kappa shape index (κ2) is 5.52. The van der Waals surface area contributed by atoms with Crippen LogP contribution in [-0.2, 0) is 11.2 Å². The molecule has 0 radical (unpaired) electrons. The van der Waals surface area contributed by atoms with Crippen molar-refractivity contribution in [2.45, 2.75) is 12.8 Å². The molecule has 0 unspecified atom stereocenters. The number of aromatic amines is 1. The zero-order chi connectivity index (χ0) is 14.7. The van der Waals surface area contributed by atoms with E-state index in [1.165, 1.54) is 24.3 Å². The van der Waals surface area contributed by atoms with E-state index in [0.29, 0.717) is 5.56 Å². The van der Waals surface area contributed by atoms with Crippen molar-refractivity contribution in [3.8, 4) is 17.3 Å². The smallest absolute Gasteiger partial charge is 0.303 e. The van der Waals surface area contributed by atoms with Crippen molar-refractivity contribution in [3.63, 3.8) is 0 Å². The molecule has 3 N–H and O–H groups in total. The quantitative estimate of drug-likeness (QED) is 0.782. The number of nitrogens with one attached hydrogen (secondary N) is 1. The van der Waals surface area contributed by atoms with Gasteiger partial charge in [-0.15, -0.1) is 0 Å². The van der Waals surface area contributed by atoms with Crippen molar-refractivity contribution in [3.05, 3.63) is 46.0 Å². The van der Waals surface area contributed by atoms with Gasteiger partial charge in [-0.1, -0.05) is 0 Å². The van der Waals surface area contributed by atoms with E-state index in [2.05, 4.69) is 9.97 Å². The van der Waals surface area contributed by atoms with Crippen LogP contribution in [0.15, 0.2) is 29.1 Å². The molecule has 0 saturated heterocycles. The lowest BCUT2D eigenvalue weighted by molar-refractivity contribution is -0.136. The van der Waals surface area contributed by atoms with Crippen LogP contribution in [0.1, 0.15) is 12.0 Å². The van der Waals surface area contributed by atoms with Gasteiger partial charge in [0.05, 0.1) is 5.56 Å². The highest BCUT2D eigenvalue weighted by atomic mass is 19.1. The average molecular weight is 278 g/mol. The molecular formula is C13H11FN2O4. The first-order valence-corrected chi connectivity index (χ1v) is 5.77. The number of halogens is 1. The fourth-order valence-corrected chi connectivity index (χ4v) is 1.69. The van der Waals surface area contributed by atoms with Gasteiger partial charge in [0.2, 0.25) is 5.88 Å². The number of hydrogen-bond acceptors (Lipinski definition) is 4. The number of aliphatic carboxylic acids is 1. The van der Waals surface area contributed by atoms with E-state index in [1.807, 2.05) is 0 Å². The lowest BCUT2D eigenvalue weighted by Gasteiger charge is -2.05. The Balaban J connectivity index is 2.37. The Hall–Kier alpha value is -2.70. The Bertz CT molecular complexity index is 695. The van der Waals surface area contributed by atoms with Crippen LogP contribution in [-0.4, -0.2) is 26.2 Å². The Labute approximate surface area is 112 Å². The predicted octanol–water partition coefficient (Wildman–Crippen LogP) is 1.30. The van der Waals surface area contributed by atoms with Crippen molar-refractivity contribution in [2.75, 3.05) is 0 Å². The van der Waals surface area contributed by atoms with Gasteiger partial charge in [0.1, 0.15) is 11.6 Å². The number of hydrogen-bond donors (Lipinski definition) is 3. The highest BCUT2D eigenvalue weighted by Gasteiger charge is 2.13. The fraction of sp³-hybridized carbons (Fsp3) is 0.154. The van der Waals surface area contributed by atoms with Crippen molar-refractivity contribution < 1.29 is 19.4 Å².